The fourth-order valence-electron chi connectivity index (χ4n) is 3.39. The van der Waals surface area contributed by atoms with Crippen molar-refractivity contribution in [3.8, 4) is 0 Å². The monoisotopic (exact) mass is 527 g/mol. The molecule has 0 aliphatic carbocycles. The van der Waals surface area contributed by atoms with Gasteiger partial charge in [0.15, 0.2) is 0 Å². The normalized spacial score (nSPS) is 13.1. The number of halogens is 2. The van der Waals surface area contributed by atoms with Crippen molar-refractivity contribution >= 4 is 50.7 Å². The van der Waals surface area contributed by atoms with Gasteiger partial charge in [-0.25, -0.2) is 8.42 Å². The van der Waals surface area contributed by atoms with Crippen molar-refractivity contribution in [2.75, 3.05) is 17.1 Å². The van der Waals surface area contributed by atoms with Gasteiger partial charge in [0, 0.05) is 12.6 Å². The Labute approximate surface area is 212 Å². The van der Waals surface area contributed by atoms with Gasteiger partial charge in [0.2, 0.25) is 21.8 Å². The molecule has 0 radical (unpaired) electrons. The number of nitrogens with zero attached hydrogens (tertiary/aromatic N) is 2. The Morgan fingerprint density at radius 2 is 1.65 bits per heavy atom. The SMILES string of the molecule is CCC(C)NC(=O)C(CC)N(Cc1ccccc1)C(=O)CN(c1ccc(Cl)c(Cl)c1)S(C)(=O)=O. The van der Waals surface area contributed by atoms with Gasteiger partial charge in [-0.05, 0) is 43.5 Å². The summed E-state index contributed by atoms with van der Waals surface area (Å²) in [5.41, 5.74) is 1.04. The van der Waals surface area contributed by atoms with Crippen molar-refractivity contribution in [3.63, 3.8) is 0 Å². The summed E-state index contributed by atoms with van der Waals surface area (Å²) in [5, 5.41) is 3.37. The van der Waals surface area contributed by atoms with E-state index in [4.69, 9.17) is 23.2 Å². The summed E-state index contributed by atoms with van der Waals surface area (Å²) < 4.78 is 26.2. The standard InChI is InChI=1S/C24H31Cl2N3O4S/c1-5-17(3)27-24(31)22(6-2)28(15-18-10-8-7-9-11-18)23(30)16-29(34(4,32)33)19-12-13-20(25)21(26)14-19/h7-14,17,22H,5-6,15-16H2,1-4H3,(H,27,31). The molecule has 2 amide bonds. The number of anilines is 1. The van der Waals surface area contributed by atoms with Gasteiger partial charge in [0.1, 0.15) is 12.6 Å². The summed E-state index contributed by atoms with van der Waals surface area (Å²) in [7, 11) is -3.84. The molecule has 0 spiro atoms. The molecule has 0 fully saturated rings. The Morgan fingerprint density at radius 1 is 1.00 bits per heavy atom. The predicted octanol–water partition coefficient (Wildman–Crippen LogP) is 4.48. The van der Waals surface area contributed by atoms with E-state index in [-0.39, 0.29) is 34.2 Å². The fraction of sp³-hybridized carbons (Fsp3) is 0.417. The minimum absolute atomic E-state index is 0.0565. The number of amides is 2. The predicted molar refractivity (Wildman–Crippen MR) is 138 cm³/mol. The summed E-state index contributed by atoms with van der Waals surface area (Å²) in [6, 6.07) is 12.8. The molecule has 2 aromatic carbocycles. The third-order valence-corrected chi connectivity index (χ3v) is 7.33. The van der Waals surface area contributed by atoms with Crippen molar-refractivity contribution < 1.29 is 18.0 Å². The van der Waals surface area contributed by atoms with Gasteiger partial charge in [-0.3, -0.25) is 13.9 Å². The highest BCUT2D eigenvalue weighted by atomic mass is 35.5. The van der Waals surface area contributed by atoms with Crippen LogP contribution in [0, 0.1) is 0 Å². The number of carbonyl (C=O) groups is 2. The first-order valence-corrected chi connectivity index (χ1v) is 13.6. The van der Waals surface area contributed by atoms with Crippen LogP contribution in [-0.2, 0) is 26.2 Å². The molecule has 0 aliphatic rings. The average Bonchev–Trinajstić information content (AvgIpc) is 2.78. The van der Waals surface area contributed by atoms with Crippen LogP contribution in [0.5, 0.6) is 0 Å². The molecule has 2 aromatic rings. The Morgan fingerprint density at radius 3 is 2.18 bits per heavy atom. The van der Waals surface area contributed by atoms with E-state index >= 15 is 0 Å². The number of benzene rings is 2. The minimum atomic E-state index is -3.84. The van der Waals surface area contributed by atoms with Crippen molar-refractivity contribution in [1.82, 2.24) is 10.2 Å². The molecule has 0 saturated heterocycles. The lowest BCUT2D eigenvalue weighted by Gasteiger charge is -2.33. The highest BCUT2D eigenvalue weighted by Gasteiger charge is 2.32. The molecule has 10 heteroatoms. The summed E-state index contributed by atoms with van der Waals surface area (Å²) in [6.45, 7) is 5.34. The fourth-order valence-corrected chi connectivity index (χ4v) is 4.53. The van der Waals surface area contributed by atoms with Crippen LogP contribution in [0.15, 0.2) is 48.5 Å². The molecular weight excluding hydrogens is 497 g/mol. The van der Waals surface area contributed by atoms with Gasteiger partial charge in [-0.15, -0.1) is 0 Å². The van der Waals surface area contributed by atoms with Crippen LogP contribution in [0.2, 0.25) is 10.0 Å². The highest BCUT2D eigenvalue weighted by molar-refractivity contribution is 7.92. The number of rotatable bonds is 11. The number of sulfonamides is 1. The van der Waals surface area contributed by atoms with Crippen molar-refractivity contribution in [1.29, 1.82) is 0 Å². The quantitative estimate of drug-likeness (QED) is 0.466. The smallest absolute Gasteiger partial charge is 0.244 e. The van der Waals surface area contributed by atoms with Gasteiger partial charge in [0.25, 0.3) is 0 Å². The number of nitrogens with one attached hydrogen (secondary N) is 1. The van der Waals surface area contributed by atoms with E-state index in [1.807, 2.05) is 51.1 Å². The van der Waals surface area contributed by atoms with Gasteiger partial charge in [-0.1, -0.05) is 67.4 Å². The molecule has 1 N–H and O–H groups in total. The first kappa shape index (κ1) is 28.0. The van der Waals surface area contributed by atoms with Crippen LogP contribution in [-0.4, -0.2) is 50.0 Å². The first-order chi connectivity index (χ1) is 16.0. The summed E-state index contributed by atoms with van der Waals surface area (Å²) in [4.78, 5) is 28.0. The van der Waals surface area contributed by atoms with Gasteiger partial charge < -0.3 is 10.2 Å². The zero-order valence-electron chi connectivity index (χ0n) is 19.8. The van der Waals surface area contributed by atoms with Crippen LogP contribution in [0.4, 0.5) is 5.69 Å². The third-order valence-electron chi connectivity index (χ3n) is 5.45. The lowest BCUT2D eigenvalue weighted by Crippen LogP contribution is -2.53. The third kappa shape index (κ3) is 7.61. The van der Waals surface area contributed by atoms with E-state index in [1.54, 1.807) is 0 Å². The average molecular weight is 529 g/mol. The second kappa shape index (κ2) is 12.4. The van der Waals surface area contributed by atoms with E-state index in [0.717, 1.165) is 22.5 Å². The first-order valence-electron chi connectivity index (χ1n) is 11.0. The largest absolute Gasteiger partial charge is 0.352 e. The minimum Gasteiger partial charge on any atom is -0.352 e. The number of carbonyl (C=O) groups excluding carboxylic acids is 2. The lowest BCUT2D eigenvalue weighted by molar-refractivity contribution is -0.140. The van der Waals surface area contributed by atoms with Crippen LogP contribution in [0.25, 0.3) is 0 Å². The molecule has 0 bridgehead atoms. The van der Waals surface area contributed by atoms with E-state index in [2.05, 4.69) is 5.32 Å². The van der Waals surface area contributed by atoms with Crippen LogP contribution < -0.4 is 9.62 Å². The van der Waals surface area contributed by atoms with E-state index in [0.29, 0.717) is 6.42 Å². The van der Waals surface area contributed by atoms with Crippen molar-refractivity contribution in [3.05, 3.63) is 64.1 Å². The Balaban J connectivity index is 2.43. The maximum Gasteiger partial charge on any atom is 0.244 e. The molecule has 0 aromatic heterocycles. The molecule has 0 heterocycles. The highest BCUT2D eigenvalue weighted by Crippen LogP contribution is 2.28. The molecule has 0 saturated carbocycles. The second-order valence-electron chi connectivity index (χ2n) is 8.12. The molecule has 2 atom stereocenters. The molecule has 34 heavy (non-hydrogen) atoms. The zero-order chi connectivity index (χ0) is 25.5. The number of hydrogen-bond acceptors (Lipinski definition) is 4. The summed E-state index contributed by atoms with van der Waals surface area (Å²) >= 11 is 12.1. The molecule has 2 rings (SSSR count). The lowest BCUT2D eigenvalue weighted by atomic mass is 10.1. The van der Waals surface area contributed by atoms with Crippen LogP contribution in [0.3, 0.4) is 0 Å². The maximum absolute atomic E-state index is 13.6. The second-order valence-corrected chi connectivity index (χ2v) is 10.8. The summed E-state index contributed by atoms with van der Waals surface area (Å²) in [6.07, 6.45) is 2.12. The summed E-state index contributed by atoms with van der Waals surface area (Å²) in [5.74, 6) is -0.784. The van der Waals surface area contributed by atoms with E-state index in [1.165, 1.54) is 23.1 Å². The van der Waals surface area contributed by atoms with Gasteiger partial charge >= 0.3 is 0 Å². The van der Waals surface area contributed by atoms with E-state index < -0.39 is 28.5 Å². The van der Waals surface area contributed by atoms with E-state index in [9.17, 15) is 18.0 Å². The maximum atomic E-state index is 13.6. The van der Waals surface area contributed by atoms with Gasteiger partial charge in [-0.2, -0.15) is 0 Å². The zero-order valence-corrected chi connectivity index (χ0v) is 22.1. The Bertz CT molecular complexity index is 1100. The molecule has 0 aliphatic heterocycles. The Kier molecular flexibility index (Phi) is 10.2. The van der Waals surface area contributed by atoms with Crippen molar-refractivity contribution in [2.45, 2.75) is 52.2 Å². The van der Waals surface area contributed by atoms with Crippen molar-refractivity contribution in [2.24, 2.45) is 0 Å². The molecule has 7 nitrogen and oxygen atoms in total. The number of hydrogen-bond donors (Lipinski definition) is 1. The van der Waals surface area contributed by atoms with Crippen LogP contribution >= 0.6 is 23.2 Å². The van der Waals surface area contributed by atoms with Gasteiger partial charge in [0.05, 0.1) is 22.0 Å². The van der Waals surface area contributed by atoms with Crippen LogP contribution in [0.1, 0.15) is 39.2 Å². The Hall–Kier alpha value is -2.29. The topological polar surface area (TPSA) is 86.8 Å². The molecule has 186 valence electrons. The molecular formula is C24H31Cl2N3O4S. The molecule has 2 unspecified atom stereocenters.